The number of rotatable bonds is 7. The number of ether oxygens (including phenoxy) is 2. The predicted molar refractivity (Wildman–Crippen MR) is 82.8 cm³/mol. The normalized spacial score (nSPS) is 17.7. The zero-order valence-corrected chi connectivity index (χ0v) is 14.2. The van der Waals surface area contributed by atoms with Crippen molar-refractivity contribution in [2.24, 2.45) is 17.8 Å². The van der Waals surface area contributed by atoms with E-state index in [2.05, 4.69) is 14.8 Å². The minimum atomic E-state index is -1.42. The first-order valence-corrected chi connectivity index (χ1v) is 8.02. The minimum absolute atomic E-state index is 0.234. The summed E-state index contributed by atoms with van der Waals surface area (Å²) in [7, 11) is 2.20. The van der Waals surface area contributed by atoms with Gasteiger partial charge in [0.2, 0.25) is 5.91 Å². The van der Waals surface area contributed by atoms with E-state index in [1.54, 1.807) is 0 Å². The molecule has 8 heteroatoms. The fraction of sp³-hybridized carbons (Fsp3) is 0.750. The molecule has 1 saturated carbocycles. The van der Waals surface area contributed by atoms with Crippen LogP contribution in [0.5, 0.6) is 0 Å². The maximum atomic E-state index is 12.3. The van der Waals surface area contributed by atoms with E-state index in [9.17, 15) is 24.3 Å². The smallest absolute Gasteiger partial charge is 0.326 e. The number of carbonyl (C=O) groups is 4. The van der Waals surface area contributed by atoms with E-state index in [-0.39, 0.29) is 11.8 Å². The lowest BCUT2D eigenvalue weighted by Gasteiger charge is -2.28. The third-order valence-corrected chi connectivity index (χ3v) is 4.50. The highest BCUT2D eigenvalue weighted by atomic mass is 16.5. The molecule has 2 N–H and O–H groups in total. The van der Waals surface area contributed by atoms with Gasteiger partial charge in [0, 0.05) is 11.8 Å². The number of carboxylic acid groups (broad SMARTS) is 1. The Morgan fingerprint density at radius 1 is 1.00 bits per heavy atom. The summed E-state index contributed by atoms with van der Waals surface area (Å²) in [5.74, 6) is -6.14. The highest BCUT2D eigenvalue weighted by molar-refractivity contribution is 5.96. The van der Waals surface area contributed by atoms with Crippen molar-refractivity contribution in [3.05, 3.63) is 0 Å². The van der Waals surface area contributed by atoms with Crippen LogP contribution in [-0.2, 0) is 28.7 Å². The zero-order valence-electron chi connectivity index (χ0n) is 14.2. The molecule has 1 aliphatic rings. The molecule has 1 amide bonds. The summed E-state index contributed by atoms with van der Waals surface area (Å²) in [6.07, 6.45) is 4.35. The van der Waals surface area contributed by atoms with E-state index < -0.39 is 35.8 Å². The van der Waals surface area contributed by atoms with Crippen molar-refractivity contribution in [1.29, 1.82) is 0 Å². The molecule has 0 unspecified atom stereocenters. The van der Waals surface area contributed by atoms with Crippen molar-refractivity contribution in [2.75, 3.05) is 14.2 Å². The molecule has 0 heterocycles. The predicted octanol–water partition coefficient (Wildman–Crippen LogP) is 0.734. The van der Waals surface area contributed by atoms with E-state index in [1.807, 2.05) is 0 Å². The van der Waals surface area contributed by atoms with Gasteiger partial charge in [-0.3, -0.25) is 14.4 Å². The fourth-order valence-corrected chi connectivity index (χ4v) is 3.03. The maximum absolute atomic E-state index is 12.3. The Bertz CT molecular complexity index is 469. The van der Waals surface area contributed by atoms with Crippen LogP contribution in [0.15, 0.2) is 0 Å². The van der Waals surface area contributed by atoms with Crippen LogP contribution in [0.4, 0.5) is 0 Å². The number of amides is 1. The molecule has 136 valence electrons. The summed E-state index contributed by atoms with van der Waals surface area (Å²) < 4.78 is 9.12. The highest BCUT2D eigenvalue weighted by Gasteiger charge is 2.42. The van der Waals surface area contributed by atoms with Gasteiger partial charge in [0.15, 0.2) is 5.92 Å². The molecule has 0 aromatic heterocycles. The molecular weight excluding hydrogens is 318 g/mol. The molecule has 0 saturated heterocycles. The first kappa shape index (κ1) is 19.9. The van der Waals surface area contributed by atoms with Gasteiger partial charge in [-0.05, 0) is 12.8 Å². The summed E-state index contributed by atoms with van der Waals surface area (Å²) in [4.78, 5) is 47.6. The molecule has 0 aromatic rings. The second-order valence-corrected chi connectivity index (χ2v) is 6.04. The van der Waals surface area contributed by atoms with Gasteiger partial charge >= 0.3 is 17.9 Å². The summed E-state index contributed by atoms with van der Waals surface area (Å²) in [6.45, 7) is 1.40. The van der Waals surface area contributed by atoms with Gasteiger partial charge in [0.1, 0.15) is 6.04 Å². The third kappa shape index (κ3) is 4.94. The molecule has 24 heavy (non-hydrogen) atoms. The van der Waals surface area contributed by atoms with Crippen LogP contribution < -0.4 is 5.32 Å². The molecule has 0 aliphatic heterocycles. The van der Waals surface area contributed by atoms with Crippen molar-refractivity contribution in [2.45, 2.75) is 45.1 Å². The SMILES string of the molecule is COC(=O)C(C(=O)OC)[C@H](C)[C@@H](NC(=O)C1CCCCC1)C(=O)O. The minimum Gasteiger partial charge on any atom is -0.480 e. The van der Waals surface area contributed by atoms with Gasteiger partial charge in [-0.1, -0.05) is 26.2 Å². The number of aliphatic carboxylic acids is 1. The Labute approximate surface area is 140 Å². The lowest BCUT2D eigenvalue weighted by Crippen LogP contribution is -2.52. The van der Waals surface area contributed by atoms with Crippen molar-refractivity contribution >= 4 is 23.8 Å². The number of nitrogens with one attached hydrogen (secondary N) is 1. The van der Waals surface area contributed by atoms with E-state index >= 15 is 0 Å². The van der Waals surface area contributed by atoms with Crippen LogP contribution in [0.25, 0.3) is 0 Å². The molecule has 8 nitrogen and oxygen atoms in total. The average Bonchev–Trinajstić information content (AvgIpc) is 2.59. The molecule has 1 aliphatic carbocycles. The first-order chi connectivity index (χ1) is 11.3. The topological polar surface area (TPSA) is 119 Å². The summed E-state index contributed by atoms with van der Waals surface area (Å²) >= 11 is 0. The van der Waals surface area contributed by atoms with E-state index in [0.29, 0.717) is 12.8 Å². The monoisotopic (exact) mass is 343 g/mol. The number of carboxylic acids is 1. The van der Waals surface area contributed by atoms with Crippen LogP contribution in [0, 0.1) is 17.8 Å². The molecule has 0 bridgehead atoms. The summed E-state index contributed by atoms with van der Waals surface area (Å²) in [5, 5.41) is 11.9. The first-order valence-electron chi connectivity index (χ1n) is 8.02. The summed E-state index contributed by atoms with van der Waals surface area (Å²) in [5.41, 5.74) is 0. The molecule has 0 radical (unpaired) electrons. The van der Waals surface area contributed by atoms with Crippen LogP contribution in [0.2, 0.25) is 0 Å². The van der Waals surface area contributed by atoms with Crippen LogP contribution in [0.1, 0.15) is 39.0 Å². The third-order valence-electron chi connectivity index (χ3n) is 4.50. The van der Waals surface area contributed by atoms with E-state index in [4.69, 9.17) is 0 Å². The average molecular weight is 343 g/mol. The van der Waals surface area contributed by atoms with Gasteiger partial charge in [0.05, 0.1) is 14.2 Å². The van der Waals surface area contributed by atoms with Crippen LogP contribution >= 0.6 is 0 Å². The van der Waals surface area contributed by atoms with Crippen molar-refractivity contribution in [3.8, 4) is 0 Å². The number of carbonyl (C=O) groups excluding carboxylic acids is 3. The number of methoxy groups -OCH3 is 2. The van der Waals surface area contributed by atoms with E-state index in [0.717, 1.165) is 33.5 Å². The zero-order chi connectivity index (χ0) is 18.3. The number of hydrogen-bond acceptors (Lipinski definition) is 6. The van der Waals surface area contributed by atoms with Crippen LogP contribution in [0.3, 0.4) is 0 Å². The molecular formula is C16H25NO7. The molecule has 0 aromatic carbocycles. The Morgan fingerprint density at radius 3 is 1.92 bits per heavy atom. The van der Waals surface area contributed by atoms with Gasteiger partial charge in [-0.15, -0.1) is 0 Å². The van der Waals surface area contributed by atoms with Gasteiger partial charge in [-0.25, -0.2) is 4.79 Å². The summed E-state index contributed by atoms with van der Waals surface area (Å²) in [6, 6.07) is -1.39. The Balaban J connectivity index is 2.91. The molecule has 1 rings (SSSR count). The van der Waals surface area contributed by atoms with Gasteiger partial charge < -0.3 is 19.9 Å². The Hall–Kier alpha value is -2.12. The lowest BCUT2D eigenvalue weighted by atomic mass is 9.85. The maximum Gasteiger partial charge on any atom is 0.326 e. The van der Waals surface area contributed by atoms with Gasteiger partial charge in [-0.2, -0.15) is 0 Å². The van der Waals surface area contributed by atoms with E-state index in [1.165, 1.54) is 6.92 Å². The molecule has 0 spiro atoms. The van der Waals surface area contributed by atoms with Gasteiger partial charge in [0.25, 0.3) is 0 Å². The largest absolute Gasteiger partial charge is 0.480 e. The molecule has 2 atom stereocenters. The number of esters is 2. The second kappa shape index (κ2) is 9.24. The number of hydrogen-bond donors (Lipinski definition) is 2. The van der Waals surface area contributed by atoms with Crippen molar-refractivity contribution in [3.63, 3.8) is 0 Å². The Kier molecular flexibility index (Phi) is 7.67. The fourth-order valence-electron chi connectivity index (χ4n) is 3.03. The highest BCUT2D eigenvalue weighted by Crippen LogP contribution is 2.25. The van der Waals surface area contributed by atoms with Crippen molar-refractivity contribution in [1.82, 2.24) is 5.32 Å². The Morgan fingerprint density at radius 2 is 1.50 bits per heavy atom. The standard InChI is InChI=1S/C16H25NO7/c1-9(11(15(21)23-2)16(22)24-3)12(14(19)20)17-13(18)10-7-5-4-6-8-10/h9-12H,4-8H2,1-3H3,(H,17,18)(H,19,20)/t9-,12+/m0/s1. The quantitative estimate of drug-likeness (QED) is 0.517. The van der Waals surface area contributed by atoms with Crippen LogP contribution in [-0.4, -0.2) is 49.2 Å². The van der Waals surface area contributed by atoms with Crippen molar-refractivity contribution < 1.29 is 33.8 Å². The second-order valence-electron chi connectivity index (χ2n) is 6.04. The molecule has 1 fully saturated rings. The lowest BCUT2D eigenvalue weighted by molar-refractivity contribution is -0.163.